The number of rotatable bonds is 0. The van der Waals surface area contributed by atoms with E-state index in [0.717, 1.165) is 0 Å². The van der Waals surface area contributed by atoms with Gasteiger partial charge in [-0.25, -0.2) is 0 Å². The molecule has 0 heterocycles. The van der Waals surface area contributed by atoms with Crippen LogP contribution in [-0.4, -0.2) is 6.18 Å². The molecule has 0 aliphatic carbocycles. The molecule has 122 valence electrons. The highest BCUT2D eigenvalue weighted by atomic mass is 19.4. The zero-order valence-corrected chi connectivity index (χ0v) is 8.66. The Bertz CT molecular complexity index is 209. The zero-order chi connectivity index (χ0) is 13.2. The maximum Gasteiger partial charge on any atom is 0.448 e. The number of allylic oxidation sites excluding steroid dienone is 1. The van der Waals surface area contributed by atoms with Crippen molar-refractivity contribution in [3.8, 4) is 0 Å². The van der Waals surface area contributed by atoms with Crippen LogP contribution in [0.4, 0.5) is 35.1 Å². The molecular weight excluding hydrogens is 312 g/mol. The Hall–Kier alpha value is -1.62. The minimum absolute atomic E-state index is 0. The molecule has 0 aliphatic heterocycles. The smallest absolute Gasteiger partial charge is 0.448 e. The van der Waals surface area contributed by atoms with Gasteiger partial charge in [-0.2, -0.15) is 35.1 Å². The first-order chi connectivity index (χ1) is 6.59. The van der Waals surface area contributed by atoms with Crippen LogP contribution in [0, 0.1) is 0 Å². The number of halogens is 12. The molecule has 0 saturated heterocycles. The van der Waals surface area contributed by atoms with Crippen molar-refractivity contribution >= 4 is 0 Å². The van der Waals surface area contributed by atoms with Gasteiger partial charge in [-0.1, -0.05) is 0 Å². The number of alkyl halides is 3. The van der Waals surface area contributed by atoms with Gasteiger partial charge in [0.2, 0.25) is 0 Å². The molecule has 0 aromatic rings. The van der Waals surface area contributed by atoms with E-state index in [1.54, 1.807) is 0 Å². The molecule has 0 aromatic heterocycles. The summed E-state index contributed by atoms with van der Waals surface area (Å²) < 4.78 is 85.1. The van der Waals surface area contributed by atoms with E-state index < -0.39 is 24.2 Å². The van der Waals surface area contributed by atoms with E-state index in [1.807, 2.05) is 0 Å². The maximum atomic E-state index is 11.0. The van der Waals surface area contributed by atoms with Crippen molar-refractivity contribution in [2.45, 2.75) is 6.18 Å². The van der Waals surface area contributed by atoms with Crippen LogP contribution in [0.5, 0.6) is 0 Å². The SMILES string of the molecule is C=C.C=C(F)F.FC(F)=C(F)C(F)(F)F.[F-].[F-].[F-].[F-]. The highest BCUT2D eigenvalue weighted by Gasteiger charge is 2.38. The third-order valence-corrected chi connectivity index (χ3v) is 0.415. The molecular formula is C7H6F12-4. The van der Waals surface area contributed by atoms with E-state index in [0.29, 0.717) is 0 Å². The van der Waals surface area contributed by atoms with Gasteiger partial charge in [0.25, 0.3) is 11.9 Å². The highest BCUT2D eigenvalue weighted by molar-refractivity contribution is 4.98. The van der Waals surface area contributed by atoms with Crippen LogP contribution < -0.4 is 18.8 Å². The zero-order valence-electron chi connectivity index (χ0n) is 8.66. The Balaban J connectivity index is -0.0000000254. The number of hydrogen-bond donors (Lipinski definition) is 0. The molecule has 0 saturated carbocycles. The maximum absolute atomic E-state index is 11.0. The summed E-state index contributed by atoms with van der Waals surface area (Å²) in [6, 6.07) is 0. The van der Waals surface area contributed by atoms with Gasteiger partial charge in [0.15, 0.2) is 0 Å². The fourth-order valence-corrected chi connectivity index (χ4v) is 0.107. The summed E-state index contributed by atoms with van der Waals surface area (Å²) in [5, 5.41) is 0. The van der Waals surface area contributed by atoms with Gasteiger partial charge >= 0.3 is 12.3 Å². The van der Waals surface area contributed by atoms with Crippen molar-refractivity contribution < 1.29 is 53.9 Å². The second-order valence-electron chi connectivity index (χ2n) is 1.41. The summed E-state index contributed by atoms with van der Waals surface area (Å²) in [6.07, 6.45) is -10.7. The molecule has 12 heteroatoms. The topological polar surface area (TPSA) is 0 Å². The van der Waals surface area contributed by atoms with Crippen molar-refractivity contribution in [2.24, 2.45) is 0 Å². The van der Waals surface area contributed by atoms with Gasteiger partial charge in [0.1, 0.15) is 0 Å². The van der Waals surface area contributed by atoms with Crippen LogP contribution in [0.1, 0.15) is 0 Å². The Labute approximate surface area is 99.1 Å². The van der Waals surface area contributed by atoms with Gasteiger partial charge in [-0.05, 0) is 6.58 Å². The first-order valence-corrected chi connectivity index (χ1v) is 2.87. The predicted molar refractivity (Wildman–Crippen MR) is 39.0 cm³/mol. The molecule has 0 unspecified atom stereocenters. The molecule has 0 nitrogen and oxygen atoms in total. The van der Waals surface area contributed by atoms with Crippen molar-refractivity contribution in [2.75, 3.05) is 0 Å². The van der Waals surface area contributed by atoms with Crippen LogP contribution in [0.3, 0.4) is 0 Å². The molecule has 0 rings (SSSR count). The minimum Gasteiger partial charge on any atom is -1.00 e. The average Bonchev–Trinajstić information content (AvgIpc) is 2.04. The second-order valence-corrected chi connectivity index (χ2v) is 1.41. The standard InChI is InChI=1S/C3F6.C2H2F2.C2H4.4FH/c4-1(2(5)6)3(7,8)9;1-2(3)4;1-2;;;;/h;1H2;1-2H2;4*1H/p-4. The molecule has 0 aromatic carbocycles. The molecule has 0 bridgehead atoms. The average molecular weight is 318 g/mol. The van der Waals surface area contributed by atoms with E-state index >= 15 is 0 Å². The molecule has 0 atom stereocenters. The summed E-state index contributed by atoms with van der Waals surface area (Å²) in [7, 11) is 0. The van der Waals surface area contributed by atoms with E-state index in [1.165, 1.54) is 0 Å². The van der Waals surface area contributed by atoms with Crippen molar-refractivity contribution in [3.63, 3.8) is 0 Å². The van der Waals surface area contributed by atoms with Crippen LogP contribution in [0.25, 0.3) is 0 Å². The summed E-state index contributed by atoms with van der Waals surface area (Å²) >= 11 is 0. The van der Waals surface area contributed by atoms with E-state index in [-0.39, 0.29) is 18.8 Å². The Morgan fingerprint density at radius 1 is 0.684 bits per heavy atom. The van der Waals surface area contributed by atoms with Crippen molar-refractivity contribution in [1.29, 1.82) is 0 Å². The number of hydrogen-bond acceptors (Lipinski definition) is 0. The van der Waals surface area contributed by atoms with Gasteiger partial charge < -0.3 is 18.8 Å². The van der Waals surface area contributed by atoms with Crippen LogP contribution in [0.15, 0.2) is 37.7 Å². The van der Waals surface area contributed by atoms with Crippen LogP contribution in [-0.2, 0) is 0 Å². The lowest BCUT2D eigenvalue weighted by Crippen LogP contribution is -3.00. The normalized spacial score (nSPS) is 6.95. The monoisotopic (exact) mass is 318 g/mol. The van der Waals surface area contributed by atoms with Gasteiger partial charge in [0.05, 0.1) is 0 Å². The molecule has 19 heavy (non-hydrogen) atoms. The molecule has 0 aliphatic rings. The largest absolute Gasteiger partial charge is 1.00 e. The van der Waals surface area contributed by atoms with Gasteiger partial charge in [-0.15, -0.1) is 13.2 Å². The minimum atomic E-state index is -5.56. The van der Waals surface area contributed by atoms with Crippen LogP contribution in [0.2, 0.25) is 0 Å². The second kappa shape index (κ2) is 21.6. The third kappa shape index (κ3) is 48.2. The lowest BCUT2D eigenvalue weighted by Gasteiger charge is -1.98. The van der Waals surface area contributed by atoms with Crippen LogP contribution >= 0.6 is 0 Å². The Kier molecular flexibility index (Phi) is 49.3. The lowest BCUT2D eigenvalue weighted by atomic mass is 10.6. The van der Waals surface area contributed by atoms with Crippen molar-refractivity contribution in [1.82, 2.24) is 0 Å². The Morgan fingerprint density at radius 2 is 0.842 bits per heavy atom. The first kappa shape index (κ1) is 43.3. The van der Waals surface area contributed by atoms with Crippen molar-refractivity contribution in [3.05, 3.63) is 37.7 Å². The molecule has 0 N–H and O–H groups in total. The molecule has 0 spiro atoms. The molecule has 0 radical (unpaired) electrons. The van der Waals surface area contributed by atoms with Gasteiger partial charge in [0, 0.05) is 0 Å². The predicted octanol–water partition coefficient (Wildman–Crippen LogP) is -7.16. The quantitative estimate of drug-likeness (QED) is 0.308. The van der Waals surface area contributed by atoms with E-state index in [9.17, 15) is 35.1 Å². The van der Waals surface area contributed by atoms with E-state index in [4.69, 9.17) is 0 Å². The highest BCUT2D eigenvalue weighted by Crippen LogP contribution is 2.29. The summed E-state index contributed by atoms with van der Waals surface area (Å²) in [4.78, 5) is 0. The summed E-state index contributed by atoms with van der Waals surface area (Å²) in [5.74, 6) is -3.33. The Morgan fingerprint density at radius 3 is 0.842 bits per heavy atom. The summed E-state index contributed by atoms with van der Waals surface area (Å²) in [6.45, 7) is 8.22. The van der Waals surface area contributed by atoms with Gasteiger partial charge in [-0.3, -0.25) is 0 Å². The first-order valence-electron chi connectivity index (χ1n) is 2.87. The third-order valence-electron chi connectivity index (χ3n) is 0.415. The van der Waals surface area contributed by atoms with E-state index in [2.05, 4.69) is 19.7 Å². The fraction of sp³-hybridized carbons (Fsp3) is 0.143. The fourth-order valence-electron chi connectivity index (χ4n) is 0.107. The summed E-state index contributed by atoms with van der Waals surface area (Å²) in [5.41, 5.74) is 0. The molecule has 0 fully saturated rings. The molecule has 0 amide bonds. The lowest BCUT2D eigenvalue weighted by molar-refractivity contribution is -0.113.